The van der Waals surface area contributed by atoms with Crippen LogP contribution in [0.4, 0.5) is 5.82 Å². The van der Waals surface area contributed by atoms with E-state index in [1.165, 1.54) is 0 Å². The quantitative estimate of drug-likeness (QED) is 0.842. The van der Waals surface area contributed by atoms with Crippen LogP contribution in [-0.2, 0) is 0 Å². The Morgan fingerprint density at radius 2 is 2.11 bits per heavy atom. The molecule has 0 saturated heterocycles. The number of aromatic nitrogens is 1. The highest BCUT2D eigenvalue weighted by molar-refractivity contribution is 7.99. The summed E-state index contributed by atoms with van der Waals surface area (Å²) in [5.41, 5.74) is 1.49. The lowest BCUT2D eigenvalue weighted by Crippen LogP contribution is -2.36. The molecule has 0 atom stereocenters. The van der Waals surface area contributed by atoms with Crippen LogP contribution in [0.1, 0.15) is 36.8 Å². The van der Waals surface area contributed by atoms with Gasteiger partial charge in [0.15, 0.2) is 0 Å². The standard InChI is InChI=1S/C14H23N3OS/c1-6-15-12-8-11(7-10(2)17-12)13(18)16-9-14(3,4)19-5/h7-8H,6,9H2,1-5H3,(H,15,17)(H,16,18). The van der Waals surface area contributed by atoms with E-state index in [1.807, 2.05) is 26.2 Å². The van der Waals surface area contributed by atoms with Crippen molar-refractivity contribution in [2.75, 3.05) is 24.7 Å². The molecule has 1 heterocycles. The Hall–Kier alpha value is -1.23. The molecule has 2 N–H and O–H groups in total. The molecule has 0 aliphatic rings. The first-order chi connectivity index (χ1) is 8.88. The maximum absolute atomic E-state index is 12.1. The lowest BCUT2D eigenvalue weighted by Gasteiger charge is -2.22. The molecule has 0 unspecified atom stereocenters. The number of aryl methyl sites for hydroxylation is 1. The summed E-state index contributed by atoms with van der Waals surface area (Å²) in [6.07, 6.45) is 2.05. The van der Waals surface area contributed by atoms with Crippen molar-refractivity contribution < 1.29 is 4.79 Å². The van der Waals surface area contributed by atoms with Crippen molar-refractivity contribution >= 4 is 23.5 Å². The second kappa shape index (κ2) is 6.80. The molecule has 106 valence electrons. The van der Waals surface area contributed by atoms with Crippen molar-refractivity contribution in [3.8, 4) is 0 Å². The van der Waals surface area contributed by atoms with E-state index in [4.69, 9.17) is 0 Å². The Balaban J connectivity index is 2.76. The molecule has 0 aliphatic carbocycles. The molecule has 0 aliphatic heterocycles. The zero-order chi connectivity index (χ0) is 14.5. The van der Waals surface area contributed by atoms with Gasteiger partial charge in [-0.05, 0) is 46.1 Å². The Morgan fingerprint density at radius 3 is 2.68 bits per heavy atom. The SMILES string of the molecule is CCNc1cc(C(=O)NCC(C)(C)SC)cc(C)n1. The zero-order valence-corrected chi connectivity index (χ0v) is 13.1. The van der Waals surface area contributed by atoms with Crippen LogP contribution in [0.3, 0.4) is 0 Å². The molecule has 0 saturated carbocycles. The fourth-order valence-electron chi connectivity index (χ4n) is 1.54. The Kier molecular flexibility index (Phi) is 5.66. The zero-order valence-electron chi connectivity index (χ0n) is 12.3. The van der Waals surface area contributed by atoms with Crippen LogP contribution in [-0.4, -0.2) is 35.0 Å². The third kappa shape index (κ3) is 5.11. The van der Waals surface area contributed by atoms with Gasteiger partial charge in [0.1, 0.15) is 5.82 Å². The van der Waals surface area contributed by atoms with E-state index in [0.29, 0.717) is 12.1 Å². The summed E-state index contributed by atoms with van der Waals surface area (Å²) >= 11 is 1.74. The first-order valence-electron chi connectivity index (χ1n) is 6.44. The fourth-order valence-corrected chi connectivity index (χ4v) is 1.76. The number of hydrogen-bond donors (Lipinski definition) is 2. The van der Waals surface area contributed by atoms with E-state index in [-0.39, 0.29) is 10.7 Å². The van der Waals surface area contributed by atoms with Crippen LogP contribution >= 0.6 is 11.8 Å². The van der Waals surface area contributed by atoms with Gasteiger partial charge in [-0.1, -0.05) is 0 Å². The molecule has 0 spiro atoms. The average molecular weight is 281 g/mol. The molecule has 0 fully saturated rings. The Morgan fingerprint density at radius 1 is 1.42 bits per heavy atom. The second-order valence-corrected chi connectivity index (χ2v) is 6.57. The predicted molar refractivity (Wildman–Crippen MR) is 83.1 cm³/mol. The molecule has 1 amide bonds. The maximum Gasteiger partial charge on any atom is 0.251 e. The third-order valence-electron chi connectivity index (χ3n) is 2.80. The summed E-state index contributed by atoms with van der Waals surface area (Å²) in [4.78, 5) is 16.5. The van der Waals surface area contributed by atoms with Gasteiger partial charge in [-0.2, -0.15) is 11.8 Å². The number of rotatable bonds is 6. The summed E-state index contributed by atoms with van der Waals surface area (Å²) in [5.74, 6) is 0.698. The molecule has 5 heteroatoms. The number of nitrogens with zero attached hydrogens (tertiary/aromatic N) is 1. The van der Waals surface area contributed by atoms with Crippen LogP contribution in [0.25, 0.3) is 0 Å². The van der Waals surface area contributed by atoms with Gasteiger partial charge in [-0.25, -0.2) is 4.98 Å². The summed E-state index contributed by atoms with van der Waals surface area (Å²) in [6.45, 7) is 9.55. The number of hydrogen-bond acceptors (Lipinski definition) is 4. The fraction of sp³-hybridized carbons (Fsp3) is 0.571. The number of carbonyl (C=O) groups excluding carboxylic acids is 1. The molecule has 0 bridgehead atoms. The van der Waals surface area contributed by atoms with Gasteiger partial charge in [0.05, 0.1) is 0 Å². The van der Waals surface area contributed by atoms with Crippen LogP contribution in [0.2, 0.25) is 0 Å². The van der Waals surface area contributed by atoms with Crippen molar-refractivity contribution in [2.45, 2.75) is 32.4 Å². The summed E-state index contributed by atoms with van der Waals surface area (Å²) in [5, 5.41) is 6.10. The van der Waals surface area contributed by atoms with Crippen molar-refractivity contribution in [1.29, 1.82) is 0 Å². The molecule has 1 aromatic rings. The van der Waals surface area contributed by atoms with E-state index in [1.54, 1.807) is 17.8 Å². The van der Waals surface area contributed by atoms with Gasteiger partial charge in [-0.3, -0.25) is 4.79 Å². The van der Waals surface area contributed by atoms with Crippen molar-refractivity contribution in [3.05, 3.63) is 23.4 Å². The van der Waals surface area contributed by atoms with Crippen molar-refractivity contribution in [2.24, 2.45) is 0 Å². The summed E-state index contributed by atoms with van der Waals surface area (Å²) < 4.78 is 0.0439. The minimum atomic E-state index is -0.0493. The smallest absolute Gasteiger partial charge is 0.251 e. The van der Waals surface area contributed by atoms with E-state index >= 15 is 0 Å². The van der Waals surface area contributed by atoms with Gasteiger partial charge in [0, 0.05) is 29.1 Å². The normalized spacial score (nSPS) is 11.2. The van der Waals surface area contributed by atoms with Crippen LogP contribution in [0.15, 0.2) is 12.1 Å². The number of amides is 1. The number of thioether (sulfide) groups is 1. The molecule has 0 aromatic carbocycles. The van der Waals surface area contributed by atoms with E-state index in [0.717, 1.165) is 18.1 Å². The highest BCUT2D eigenvalue weighted by Crippen LogP contribution is 2.20. The molecule has 4 nitrogen and oxygen atoms in total. The monoisotopic (exact) mass is 281 g/mol. The Labute approximate surface area is 119 Å². The first-order valence-corrected chi connectivity index (χ1v) is 7.66. The number of nitrogens with one attached hydrogen (secondary N) is 2. The lowest BCUT2D eigenvalue weighted by molar-refractivity contribution is 0.0950. The van der Waals surface area contributed by atoms with Gasteiger partial charge in [0.2, 0.25) is 0 Å². The minimum Gasteiger partial charge on any atom is -0.370 e. The predicted octanol–water partition coefficient (Wildman–Crippen LogP) is 2.69. The first kappa shape index (κ1) is 15.8. The van der Waals surface area contributed by atoms with E-state index in [2.05, 4.69) is 29.5 Å². The molecule has 0 radical (unpaired) electrons. The number of carbonyl (C=O) groups is 1. The van der Waals surface area contributed by atoms with Crippen LogP contribution in [0.5, 0.6) is 0 Å². The Bertz CT molecular complexity index is 446. The van der Waals surface area contributed by atoms with Crippen LogP contribution < -0.4 is 10.6 Å². The number of pyridine rings is 1. The van der Waals surface area contributed by atoms with E-state index in [9.17, 15) is 4.79 Å². The highest BCUT2D eigenvalue weighted by atomic mass is 32.2. The van der Waals surface area contributed by atoms with Crippen molar-refractivity contribution in [3.63, 3.8) is 0 Å². The molecular weight excluding hydrogens is 258 g/mol. The third-order valence-corrected chi connectivity index (χ3v) is 4.05. The van der Waals surface area contributed by atoms with E-state index < -0.39 is 0 Å². The van der Waals surface area contributed by atoms with Crippen molar-refractivity contribution in [1.82, 2.24) is 10.3 Å². The topological polar surface area (TPSA) is 54.0 Å². The number of anilines is 1. The van der Waals surface area contributed by atoms with Crippen LogP contribution in [0, 0.1) is 6.92 Å². The second-order valence-electron chi connectivity index (χ2n) is 5.06. The minimum absolute atomic E-state index is 0.0439. The summed E-state index contributed by atoms with van der Waals surface area (Å²) in [6, 6.07) is 3.60. The molecular formula is C14H23N3OS. The van der Waals surface area contributed by atoms with Gasteiger partial charge in [0.25, 0.3) is 5.91 Å². The van der Waals surface area contributed by atoms with Gasteiger partial charge in [-0.15, -0.1) is 0 Å². The molecule has 19 heavy (non-hydrogen) atoms. The maximum atomic E-state index is 12.1. The molecule has 1 rings (SSSR count). The highest BCUT2D eigenvalue weighted by Gasteiger charge is 2.17. The molecule has 1 aromatic heterocycles. The summed E-state index contributed by atoms with van der Waals surface area (Å²) in [7, 11) is 0. The van der Waals surface area contributed by atoms with Gasteiger partial charge < -0.3 is 10.6 Å². The average Bonchev–Trinajstić information content (AvgIpc) is 2.36. The lowest BCUT2D eigenvalue weighted by atomic mass is 10.1. The largest absolute Gasteiger partial charge is 0.370 e. The van der Waals surface area contributed by atoms with Gasteiger partial charge >= 0.3 is 0 Å².